The molecule has 0 aromatic heterocycles. The quantitative estimate of drug-likeness (QED) is 0.820. The molecule has 1 aliphatic rings. The van der Waals surface area contributed by atoms with Crippen LogP contribution in [0.3, 0.4) is 0 Å². The first kappa shape index (κ1) is 17.3. The minimum atomic E-state index is -0.333. The van der Waals surface area contributed by atoms with Gasteiger partial charge in [-0.3, -0.25) is 4.79 Å². The predicted octanol–water partition coefficient (Wildman–Crippen LogP) is 2.95. The SMILES string of the molecule is CCCCNC(=O)C1CCCN(C(=O)OCc2ccccc2)C1. The van der Waals surface area contributed by atoms with E-state index in [1.807, 2.05) is 30.3 Å². The molecule has 2 rings (SSSR count). The second-order valence-corrected chi connectivity index (χ2v) is 5.97. The lowest BCUT2D eigenvalue weighted by Gasteiger charge is -2.31. The standard InChI is InChI=1S/C18H26N2O3/c1-2-3-11-19-17(21)16-10-7-12-20(13-16)18(22)23-14-15-8-5-4-6-9-15/h4-6,8-9,16H,2-3,7,10-14H2,1H3,(H,19,21). The van der Waals surface area contributed by atoms with Crippen molar-refractivity contribution >= 4 is 12.0 Å². The maximum absolute atomic E-state index is 12.2. The van der Waals surface area contributed by atoms with E-state index in [1.165, 1.54) is 0 Å². The monoisotopic (exact) mass is 318 g/mol. The molecule has 1 aromatic rings. The zero-order valence-corrected chi connectivity index (χ0v) is 13.8. The van der Waals surface area contributed by atoms with Crippen LogP contribution in [-0.4, -0.2) is 36.5 Å². The fourth-order valence-corrected chi connectivity index (χ4v) is 2.70. The number of unbranched alkanes of at least 4 members (excludes halogenated alkanes) is 1. The van der Waals surface area contributed by atoms with Gasteiger partial charge in [0.25, 0.3) is 0 Å². The molecule has 0 aliphatic carbocycles. The molecule has 1 unspecified atom stereocenters. The van der Waals surface area contributed by atoms with E-state index in [-0.39, 0.29) is 24.5 Å². The third-order valence-corrected chi connectivity index (χ3v) is 4.09. The van der Waals surface area contributed by atoms with Crippen LogP contribution in [0.5, 0.6) is 0 Å². The van der Waals surface area contributed by atoms with E-state index in [0.717, 1.165) is 31.2 Å². The first-order chi connectivity index (χ1) is 11.2. The Bertz CT molecular complexity index is 504. The van der Waals surface area contributed by atoms with Gasteiger partial charge < -0.3 is 15.0 Å². The van der Waals surface area contributed by atoms with Crippen molar-refractivity contribution < 1.29 is 14.3 Å². The number of nitrogens with one attached hydrogen (secondary N) is 1. The summed E-state index contributed by atoms with van der Waals surface area (Å²) < 4.78 is 5.35. The number of ether oxygens (including phenoxy) is 1. The van der Waals surface area contributed by atoms with Crippen molar-refractivity contribution in [3.8, 4) is 0 Å². The lowest BCUT2D eigenvalue weighted by atomic mass is 9.97. The third-order valence-electron chi connectivity index (χ3n) is 4.09. The minimum absolute atomic E-state index is 0.0546. The molecule has 2 amide bonds. The fraction of sp³-hybridized carbons (Fsp3) is 0.556. The molecule has 1 aliphatic heterocycles. The molecule has 1 saturated heterocycles. The molecular formula is C18H26N2O3. The number of nitrogens with zero attached hydrogens (tertiary/aromatic N) is 1. The van der Waals surface area contributed by atoms with E-state index < -0.39 is 0 Å². The Morgan fingerprint density at radius 3 is 2.83 bits per heavy atom. The molecule has 5 nitrogen and oxygen atoms in total. The Hall–Kier alpha value is -2.04. The van der Waals surface area contributed by atoms with Crippen molar-refractivity contribution in [1.82, 2.24) is 10.2 Å². The molecule has 126 valence electrons. The van der Waals surface area contributed by atoms with Crippen LogP contribution in [0.2, 0.25) is 0 Å². The van der Waals surface area contributed by atoms with Gasteiger partial charge >= 0.3 is 6.09 Å². The van der Waals surface area contributed by atoms with Gasteiger partial charge in [0, 0.05) is 19.6 Å². The second-order valence-electron chi connectivity index (χ2n) is 5.97. The smallest absolute Gasteiger partial charge is 0.410 e. The first-order valence-electron chi connectivity index (χ1n) is 8.44. The van der Waals surface area contributed by atoms with Crippen LogP contribution in [0.25, 0.3) is 0 Å². The van der Waals surface area contributed by atoms with Crippen molar-refractivity contribution in [2.45, 2.75) is 39.2 Å². The maximum atomic E-state index is 12.2. The summed E-state index contributed by atoms with van der Waals surface area (Å²) in [5.41, 5.74) is 0.965. The summed E-state index contributed by atoms with van der Waals surface area (Å²) in [6, 6.07) is 9.61. The third kappa shape index (κ3) is 5.58. The minimum Gasteiger partial charge on any atom is -0.445 e. The highest BCUT2D eigenvalue weighted by molar-refractivity contribution is 5.79. The van der Waals surface area contributed by atoms with Gasteiger partial charge in [-0.15, -0.1) is 0 Å². The fourth-order valence-electron chi connectivity index (χ4n) is 2.70. The van der Waals surface area contributed by atoms with Gasteiger partial charge in [0.15, 0.2) is 0 Å². The van der Waals surface area contributed by atoms with Crippen LogP contribution < -0.4 is 5.32 Å². The van der Waals surface area contributed by atoms with Gasteiger partial charge in [0.05, 0.1) is 5.92 Å². The number of benzene rings is 1. The maximum Gasteiger partial charge on any atom is 0.410 e. The number of amides is 2. The molecule has 1 aromatic carbocycles. The summed E-state index contributed by atoms with van der Waals surface area (Å²) >= 11 is 0. The molecule has 23 heavy (non-hydrogen) atoms. The van der Waals surface area contributed by atoms with Crippen molar-refractivity contribution in [2.24, 2.45) is 5.92 Å². The van der Waals surface area contributed by atoms with Gasteiger partial charge in [-0.1, -0.05) is 43.7 Å². The van der Waals surface area contributed by atoms with Crippen molar-refractivity contribution in [1.29, 1.82) is 0 Å². The van der Waals surface area contributed by atoms with Crippen LogP contribution in [0, 0.1) is 5.92 Å². The van der Waals surface area contributed by atoms with E-state index in [1.54, 1.807) is 4.90 Å². The Balaban J connectivity index is 1.78. The molecule has 0 radical (unpaired) electrons. The van der Waals surface area contributed by atoms with Crippen LogP contribution in [0.15, 0.2) is 30.3 Å². The molecule has 0 spiro atoms. The van der Waals surface area contributed by atoms with Crippen LogP contribution in [0.4, 0.5) is 4.79 Å². The number of hydrogen-bond donors (Lipinski definition) is 1. The Kier molecular flexibility index (Phi) is 6.91. The second kappa shape index (κ2) is 9.18. The summed E-state index contributed by atoms with van der Waals surface area (Å²) in [5.74, 6) is -0.0658. The van der Waals surface area contributed by atoms with Crippen LogP contribution in [0.1, 0.15) is 38.2 Å². The Morgan fingerprint density at radius 2 is 2.09 bits per heavy atom. The lowest BCUT2D eigenvalue weighted by molar-refractivity contribution is -0.126. The van der Waals surface area contributed by atoms with Crippen LogP contribution in [-0.2, 0) is 16.1 Å². The summed E-state index contributed by atoms with van der Waals surface area (Å²) in [7, 11) is 0. The highest BCUT2D eigenvalue weighted by Gasteiger charge is 2.28. The Labute approximate surface area is 138 Å². The zero-order chi connectivity index (χ0) is 16.5. The number of rotatable bonds is 6. The van der Waals surface area contributed by atoms with Gasteiger partial charge in [0.2, 0.25) is 5.91 Å². The molecule has 1 N–H and O–H groups in total. The van der Waals surface area contributed by atoms with E-state index in [9.17, 15) is 9.59 Å². The molecule has 1 fully saturated rings. The highest BCUT2D eigenvalue weighted by atomic mass is 16.6. The Morgan fingerprint density at radius 1 is 1.30 bits per heavy atom. The number of likely N-dealkylation sites (tertiary alicyclic amines) is 1. The van der Waals surface area contributed by atoms with E-state index in [2.05, 4.69) is 12.2 Å². The van der Waals surface area contributed by atoms with Crippen molar-refractivity contribution in [2.75, 3.05) is 19.6 Å². The molecule has 0 bridgehead atoms. The number of piperidine rings is 1. The predicted molar refractivity (Wildman–Crippen MR) is 88.8 cm³/mol. The summed E-state index contributed by atoms with van der Waals surface area (Å²) in [6.07, 6.45) is 3.39. The number of hydrogen-bond acceptors (Lipinski definition) is 3. The largest absolute Gasteiger partial charge is 0.445 e. The normalized spacial score (nSPS) is 17.6. The summed E-state index contributed by atoms with van der Waals surface area (Å²) in [6.45, 7) is 4.18. The average molecular weight is 318 g/mol. The molecule has 1 atom stereocenters. The van der Waals surface area contributed by atoms with Crippen molar-refractivity contribution in [3.63, 3.8) is 0 Å². The summed E-state index contributed by atoms with van der Waals surface area (Å²) in [5, 5.41) is 2.95. The van der Waals surface area contributed by atoms with E-state index in [0.29, 0.717) is 19.6 Å². The molecule has 1 heterocycles. The highest BCUT2D eigenvalue weighted by Crippen LogP contribution is 2.18. The number of carbonyl (C=O) groups is 2. The van der Waals surface area contributed by atoms with Gasteiger partial charge in [-0.25, -0.2) is 4.79 Å². The molecule has 0 saturated carbocycles. The lowest BCUT2D eigenvalue weighted by Crippen LogP contribution is -2.45. The number of carbonyl (C=O) groups excluding carboxylic acids is 2. The van der Waals surface area contributed by atoms with Crippen molar-refractivity contribution in [3.05, 3.63) is 35.9 Å². The topological polar surface area (TPSA) is 58.6 Å². The van der Waals surface area contributed by atoms with Gasteiger partial charge in [-0.05, 0) is 24.8 Å². The van der Waals surface area contributed by atoms with E-state index >= 15 is 0 Å². The van der Waals surface area contributed by atoms with Gasteiger partial charge in [0.1, 0.15) is 6.61 Å². The first-order valence-corrected chi connectivity index (χ1v) is 8.44. The zero-order valence-electron chi connectivity index (χ0n) is 13.8. The van der Waals surface area contributed by atoms with E-state index in [4.69, 9.17) is 4.74 Å². The van der Waals surface area contributed by atoms with Gasteiger partial charge in [-0.2, -0.15) is 0 Å². The molecular weight excluding hydrogens is 292 g/mol. The summed E-state index contributed by atoms with van der Waals surface area (Å²) in [4.78, 5) is 26.0. The average Bonchev–Trinajstić information content (AvgIpc) is 2.61. The molecule has 5 heteroatoms. The van der Waals surface area contributed by atoms with Crippen LogP contribution >= 0.6 is 0 Å².